The number of rotatable bonds is 2. The standard InChI is InChI=1S/C14H11NS/c1-2-7-12(8-3-1)15-14-10-11-6-4-5-9-13(11)16-14/h1-10,15H. The number of hydrogen-bond acceptors (Lipinski definition) is 2. The van der Waals surface area contributed by atoms with Crippen LogP contribution >= 0.6 is 11.3 Å². The van der Waals surface area contributed by atoms with Gasteiger partial charge in [0.15, 0.2) is 0 Å². The van der Waals surface area contributed by atoms with Crippen LogP contribution in [0.5, 0.6) is 0 Å². The molecule has 0 amide bonds. The molecule has 16 heavy (non-hydrogen) atoms. The molecule has 0 spiro atoms. The van der Waals surface area contributed by atoms with Crippen LogP contribution in [0.4, 0.5) is 10.7 Å². The van der Waals surface area contributed by atoms with E-state index in [1.54, 1.807) is 11.3 Å². The predicted octanol–water partition coefficient (Wildman–Crippen LogP) is 4.64. The molecule has 0 saturated heterocycles. The minimum Gasteiger partial charge on any atom is -0.347 e. The van der Waals surface area contributed by atoms with Crippen molar-refractivity contribution >= 4 is 32.1 Å². The van der Waals surface area contributed by atoms with E-state index in [1.165, 1.54) is 15.1 Å². The van der Waals surface area contributed by atoms with E-state index in [1.807, 2.05) is 18.2 Å². The molecule has 2 aromatic carbocycles. The first-order chi connectivity index (χ1) is 7.92. The number of hydrogen-bond donors (Lipinski definition) is 1. The van der Waals surface area contributed by atoms with E-state index < -0.39 is 0 Å². The molecule has 0 radical (unpaired) electrons. The fourth-order valence-electron chi connectivity index (χ4n) is 1.71. The second-order valence-corrected chi connectivity index (χ2v) is 4.72. The van der Waals surface area contributed by atoms with Gasteiger partial charge in [-0.25, -0.2) is 0 Å². The lowest BCUT2D eigenvalue weighted by Gasteiger charge is -2.01. The fraction of sp³-hybridized carbons (Fsp3) is 0. The molecule has 0 unspecified atom stereocenters. The van der Waals surface area contributed by atoms with Crippen LogP contribution in [-0.2, 0) is 0 Å². The molecule has 2 heteroatoms. The summed E-state index contributed by atoms with van der Waals surface area (Å²) in [6.07, 6.45) is 0. The minimum atomic E-state index is 1.13. The van der Waals surface area contributed by atoms with Gasteiger partial charge in [0.1, 0.15) is 0 Å². The molecule has 0 aliphatic rings. The molecule has 0 atom stereocenters. The van der Waals surface area contributed by atoms with Gasteiger partial charge >= 0.3 is 0 Å². The second-order valence-electron chi connectivity index (χ2n) is 3.64. The molecule has 0 aliphatic heterocycles. The molecule has 3 rings (SSSR count). The Hall–Kier alpha value is -1.80. The molecule has 1 heterocycles. The van der Waals surface area contributed by atoms with Crippen LogP contribution in [0.1, 0.15) is 0 Å². The summed E-state index contributed by atoms with van der Waals surface area (Å²) >= 11 is 1.78. The first-order valence-corrected chi connectivity index (χ1v) is 6.04. The SMILES string of the molecule is c1ccc(Nc2cc3ccccc3s2)cc1. The Bertz CT molecular complexity index is 565. The van der Waals surface area contributed by atoms with Gasteiger partial charge in [-0.3, -0.25) is 0 Å². The number of para-hydroxylation sites is 1. The average molecular weight is 225 g/mol. The third-order valence-electron chi connectivity index (χ3n) is 2.47. The Morgan fingerprint density at radius 1 is 0.812 bits per heavy atom. The summed E-state index contributed by atoms with van der Waals surface area (Å²) in [6, 6.07) is 20.9. The normalized spacial score (nSPS) is 10.5. The van der Waals surface area contributed by atoms with E-state index in [2.05, 4.69) is 47.8 Å². The quantitative estimate of drug-likeness (QED) is 0.669. The van der Waals surface area contributed by atoms with Crippen molar-refractivity contribution in [1.29, 1.82) is 0 Å². The summed E-state index contributed by atoms with van der Waals surface area (Å²) in [5.41, 5.74) is 1.13. The van der Waals surface area contributed by atoms with Crippen molar-refractivity contribution in [3.05, 3.63) is 60.7 Å². The highest BCUT2D eigenvalue weighted by atomic mass is 32.1. The average Bonchev–Trinajstić information content (AvgIpc) is 2.72. The first kappa shape index (κ1) is 9.43. The fourth-order valence-corrected chi connectivity index (χ4v) is 2.69. The number of benzene rings is 2. The molecule has 0 fully saturated rings. The van der Waals surface area contributed by atoms with E-state index >= 15 is 0 Å². The Labute approximate surface area is 98.4 Å². The maximum atomic E-state index is 3.41. The van der Waals surface area contributed by atoms with E-state index in [0.717, 1.165) is 5.69 Å². The molecule has 1 nitrogen and oxygen atoms in total. The van der Waals surface area contributed by atoms with Crippen molar-refractivity contribution in [2.45, 2.75) is 0 Å². The second kappa shape index (κ2) is 3.99. The topological polar surface area (TPSA) is 12.0 Å². The zero-order chi connectivity index (χ0) is 10.8. The molecule has 1 N–H and O–H groups in total. The lowest BCUT2D eigenvalue weighted by atomic mass is 10.3. The van der Waals surface area contributed by atoms with Crippen molar-refractivity contribution in [3.63, 3.8) is 0 Å². The zero-order valence-electron chi connectivity index (χ0n) is 8.68. The van der Waals surface area contributed by atoms with Crippen LogP contribution in [0.15, 0.2) is 60.7 Å². The van der Waals surface area contributed by atoms with Gasteiger partial charge in [-0.1, -0.05) is 36.4 Å². The molecule has 0 bridgehead atoms. The van der Waals surface area contributed by atoms with Gasteiger partial charge in [0.25, 0.3) is 0 Å². The summed E-state index contributed by atoms with van der Waals surface area (Å²) < 4.78 is 1.32. The van der Waals surface area contributed by atoms with Crippen molar-refractivity contribution < 1.29 is 0 Å². The third-order valence-corrected chi connectivity index (χ3v) is 3.50. The van der Waals surface area contributed by atoms with Crippen LogP contribution in [0.3, 0.4) is 0 Å². The smallest absolute Gasteiger partial charge is 0.0939 e. The van der Waals surface area contributed by atoms with Gasteiger partial charge in [0.05, 0.1) is 5.00 Å². The summed E-state index contributed by atoms with van der Waals surface area (Å²) in [5.74, 6) is 0. The molecule has 0 saturated carbocycles. The van der Waals surface area contributed by atoms with E-state index in [4.69, 9.17) is 0 Å². The van der Waals surface area contributed by atoms with E-state index in [9.17, 15) is 0 Å². The highest BCUT2D eigenvalue weighted by Gasteiger charge is 2.00. The Kier molecular flexibility index (Phi) is 2.35. The minimum absolute atomic E-state index is 1.13. The number of nitrogens with one attached hydrogen (secondary N) is 1. The van der Waals surface area contributed by atoms with Crippen LogP contribution < -0.4 is 5.32 Å². The van der Waals surface area contributed by atoms with Crippen LogP contribution in [-0.4, -0.2) is 0 Å². The lowest BCUT2D eigenvalue weighted by molar-refractivity contribution is 1.61. The van der Waals surface area contributed by atoms with Gasteiger partial charge < -0.3 is 5.32 Å². The van der Waals surface area contributed by atoms with Crippen LogP contribution in [0, 0.1) is 0 Å². The highest BCUT2D eigenvalue weighted by Crippen LogP contribution is 2.31. The van der Waals surface area contributed by atoms with Gasteiger partial charge in [-0.15, -0.1) is 11.3 Å². The highest BCUT2D eigenvalue weighted by molar-refractivity contribution is 7.22. The summed E-state index contributed by atoms with van der Waals surface area (Å²) in [6.45, 7) is 0. The Morgan fingerprint density at radius 3 is 2.38 bits per heavy atom. The molecule has 78 valence electrons. The molecule has 1 aromatic heterocycles. The molecular weight excluding hydrogens is 214 g/mol. The monoisotopic (exact) mass is 225 g/mol. The lowest BCUT2D eigenvalue weighted by Crippen LogP contribution is -1.84. The maximum absolute atomic E-state index is 3.41. The van der Waals surface area contributed by atoms with Crippen LogP contribution in [0.2, 0.25) is 0 Å². The largest absolute Gasteiger partial charge is 0.347 e. The van der Waals surface area contributed by atoms with Gasteiger partial charge in [-0.05, 0) is 29.7 Å². The zero-order valence-corrected chi connectivity index (χ0v) is 9.50. The van der Waals surface area contributed by atoms with Crippen molar-refractivity contribution in [1.82, 2.24) is 0 Å². The Morgan fingerprint density at radius 2 is 1.56 bits per heavy atom. The van der Waals surface area contributed by atoms with E-state index in [0.29, 0.717) is 0 Å². The van der Waals surface area contributed by atoms with Gasteiger partial charge in [0.2, 0.25) is 0 Å². The molecule has 3 aromatic rings. The van der Waals surface area contributed by atoms with E-state index in [-0.39, 0.29) is 0 Å². The number of fused-ring (bicyclic) bond motifs is 1. The van der Waals surface area contributed by atoms with Gasteiger partial charge in [-0.2, -0.15) is 0 Å². The van der Waals surface area contributed by atoms with Crippen molar-refractivity contribution in [2.24, 2.45) is 0 Å². The third kappa shape index (κ3) is 1.79. The van der Waals surface area contributed by atoms with Crippen molar-refractivity contribution in [2.75, 3.05) is 5.32 Å². The predicted molar refractivity (Wildman–Crippen MR) is 71.5 cm³/mol. The molecule has 0 aliphatic carbocycles. The summed E-state index contributed by atoms with van der Waals surface area (Å²) in [7, 11) is 0. The van der Waals surface area contributed by atoms with Gasteiger partial charge in [0, 0.05) is 10.4 Å². The Balaban J connectivity index is 1.95. The molecular formula is C14H11NS. The summed E-state index contributed by atoms with van der Waals surface area (Å²) in [4.78, 5) is 0. The van der Waals surface area contributed by atoms with Crippen molar-refractivity contribution in [3.8, 4) is 0 Å². The van der Waals surface area contributed by atoms with Crippen LogP contribution in [0.25, 0.3) is 10.1 Å². The summed E-state index contributed by atoms with van der Waals surface area (Å²) in [5, 5.41) is 5.90. The maximum Gasteiger partial charge on any atom is 0.0939 e. The number of anilines is 2. The number of thiophene rings is 1. The first-order valence-electron chi connectivity index (χ1n) is 5.22.